The average molecular weight is 373 g/mol. The molecule has 1 fully saturated rings. The molecule has 1 aromatic rings. The number of methoxy groups -OCH3 is 1. The van der Waals surface area contributed by atoms with Crippen molar-refractivity contribution in [3.05, 3.63) is 34.9 Å². The van der Waals surface area contributed by atoms with Gasteiger partial charge in [0.15, 0.2) is 0 Å². The van der Waals surface area contributed by atoms with Crippen LogP contribution in [0, 0.1) is 5.92 Å². The van der Waals surface area contributed by atoms with Crippen LogP contribution < -0.4 is 0 Å². The Morgan fingerprint density at radius 2 is 1.59 bits per heavy atom. The topological polar surface area (TPSA) is 87.2 Å². The van der Waals surface area contributed by atoms with Crippen molar-refractivity contribution in [2.45, 2.75) is 13.8 Å². The minimum Gasteiger partial charge on any atom is -0.453 e. The number of imide groups is 1. The van der Waals surface area contributed by atoms with Crippen molar-refractivity contribution in [2.24, 2.45) is 5.92 Å². The van der Waals surface area contributed by atoms with Crippen LogP contribution in [0.4, 0.5) is 4.79 Å². The minimum atomic E-state index is -0.408. The van der Waals surface area contributed by atoms with Gasteiger partial charge in [-0.3, -0.25) is 19.3 Å². The van der Waals surface area contributed by atoms with E-state index in [1.165, 1.54) is 18.1 Å². The predicted octanol–water partition coefficient (Wildman–Crippen LogP) is 1.46. The molecule has 3 rings (SSSR count). The second kappa shape index (κ2) is 7.38. The number of rotatable bonds is 3. The lowest BCUT2D eigenvalue weighted by atomic mass is 10.0. The quantitative estimate of drug-likeness (QED) is 0.749. The molecule has 0 radical (unpaired) electrons. The summed E-state index contributed by atoms with van der Waals surface area (Å²) in [6, 6.07) is 4.64. The number of nitrogens with zero attached hydrogens (tertiary/aromatic N) is 3. The molecule has 0 bridgehead atoms. The highest BCUT2D eigenvalue weighted by Gasteiger charge is 2.36. The van der Waals surface area contributed by atoms with Gasteiger partial charge in [0, 0.05) is 38.3 Å². The van der Waals surface area contributed by atoms with Crippen LogP contribution in [0.25, 0.3) is 0 Å². The van der Waals surface area contributed by atoms with E-state index in [2.05, 4.69) is 4.74 Å². The molecule has 0 aliphatic carbocycles. The van der Waals surface area contributed by atoms with Gasteiger partial charge >= 0.3 is 6.09 Å². The first-order chi connectivity index (χ1) is 12.8. The number of fused-ring (bicyclic) bond motifs is 1. The zero-order valence-corrected chi connectivity index (χ0v) is 15.7. The number of amides is 4. The van der Waals surface area contributed by atoms with Gasteiger partial charge in [-0.25, -0.2) is 4.79 Å². The molecule has 2 aliphatic rings. The maximum Gasteiger partial charge on any atom is 0.409 e. The largest absolute Gasteiger partial charge is 0.453 e. The summed E-state index contributed by atoms with van der Waals surface area (Å²) < 4.78 is 4.69. The highest BCUT2D eigenvalue weighted by atomic mass is 16.5. The van der Waals surface area contributed by atoms with Crippen molar-refractivity contribution in [3.8, 4) is 0 Å². The summed E-state index contributed by atoms with van der Waals surface area (Å²) in [5.74, 6) is -0.715. The highest BCUT2D eigenvalue weighted by molar-refractivity contribution is 6.22. The van der Waals surface area contributed by atoms with E-state index < -0.39 is 6.09 Å². The number of carbonyl (C=O) groups is 4. The van der Waals surface area contributed by atoms with E-state index in [1.54, 1.807) is 21.9 Å². The molecular weight excluding hydrogens is 350 g/mol. The van der Waals surface area contributed by atoms with Crippen LogP contribution in [-0.4, -0.2) is 78.3 Å². The summed E-state index contributed by atoms with van der Waals surface area (Å²) in [6.45, 7) is 5.78. The molecule has 0 atom stereocenters. The minimum absolute atomic E-state index is 0.166. The molecule has 8 heteroatoms. The van der Waals surface area contributed by atoms with Crippen molar-refractivity contribution >= 4 is 23.8 Å². The maximum atomic E-state index is 12.8. The Balaban J connectivity index is 1.74. The van der Waals surface area contributed by atoms with Gasteiger partial charge in [0.1, 0.15) is 0 Å². The molecule has 0 N–H and O–H groups in total. The van der Waals surface area contributed by atoms with E-state index in [1.807, 2.05) is 13.8 Å². The van der Waals surface area contributed by atoms with E-state index in [0.29, 0.717) is 43.9 Å². The number of ether oxygens (including phenoxy) is 1. The van der Waals surface area contributed by atoms with Crippen molar-refractivity contribution in [2.75, 3.05) is 39.8 Å². The van der Waals surface area contributed by atoms with Gasteiger partial charge in [-0.1, -0.05) is 13.8 Å². The zero-order chi connectivity index (χ0) is 19.7. The van der Waals surface area contributed by atoms with E-state index in [0.717, 1.165) is 0 Å². The summed E-state index contributed by atoms with van der Waals surface area (Å²) in [6.07, 6.45) is -0.408. The standard InChI is InChI=1S/C19H23N3O5/c1-12(2)11-22-17(24)14-5-4-13(10-15(14)18(22)25)16(23)20-6-8-21(9-7-20)19(26)27-3/h4-5,10,12H,6-9,11H2,1-3H3. The third kappa shape index (κ3) is 3.51. The van der Waals surface area contributed by atoms with Gasteiger partial charge < -0.3 is 14.5 Å². The summed E-state index contributed by atoms with van der Waals surface area (Å²) in [7, 11) is 1.32. The zero-order valence-electron chi connectivity index (χ0n) is 15.7. The first kappa shape index (κ1) is 18.9. The van der Waals surface area contributed by atoms with Gasteiger partial charge in [-0.15, -0.1) is 0 Å². The van der Waals surface area contributed by atoms with Crippen LogP contribution in [0.5, 0.6) is 0 Å². The van der Waals surface area contributed by atoms with Crippen LogP contribution in [0.15, 0.2) is 18.2 Å². The SMILES string of the molecule is COC(=O)N1CCN(C(=O)c2ccc3c(c2)C(=O)N(CC(C)C)C3=O)CC1. The normalized spacial score (nSPS) is 16.8. The molecule has 0 aromatic heterocycles. The number of piperazine rings is 1. The maximum absolute atomic E-state index is 12.8. The second-order valence-corrected chi connectivity index (χ2v) is 7.12. The number of hydrogen-bond acceptors (Lipinski definition) is 5. The first-order valence-electron chi connectivity index (χ1n) is 8.96. The third-order valence-corrected chi connectivity index (χ3v) is 4.77. The van der Waals surface area contributed by atoms with Crippen LogP contribution in [-0.2, 0) is 4.74 Å². The van der Waals surface area contributed by atoms with Crippen LogP contribution >= 0.6 is 0 Å². The summed E-state index contributed by atoms with van der Waals surface area (Å²) in [5.41, 5.74) is 0.986. The summed E-state index contributed by atoms with van der Waals surface area (Å²) in [5, 5.41) is 0. The predicted molar refractivity (Wildman–Crippen MR) is 96.5 cm³/mol. The molecule has 8 nitrogen and oxygen atoms in total. The van der Waals surface area contributed by atoms with Crippen molar-refractivity contribution < 1.29 is 23.9 Å². The van der Waals surface area contributed by atoms with E-state index >= 15 is 0 Å². The molecular formula is C19H23N3O5. The van der Waals surface area contributed by atoms with Crippen LogP contribution in [0.3, 0.4) is 0 Å². The fourth-order valence-electron chi connectivity index (χ4n) is 3.36. The van der Waals surface area contributed by atoms with Crippen LogP contribution in [0.1, 0.15) is 44.9 Å². The fourth-order valence-corrected chi connectivity index (χ4v) is 3.36. The molecule has 0 spiro atoms. The lowest BCUT2D eigenvalue weighted by Gasteiger charge is -2.33. The second-order valence-electron chi connectivity index (χ2n) is 7.12. The smallest absolute Gasteiger partial charge is 0.409 e. The molecule has 0 unspecified atom stereocenters. The Bertz CT molecular complexity index is 797. The number of benzene rings is 1. The monoisotopic (exact) mass is 373 g/mol. The van der Waals surface area contributed by atoms with E-state index in [9.17, 15) is 19.2 Å². The molecule has 0 saturated carbocycles. The molecule has 27 heavy (non-hydrogen) atoms. The molecule has 1 aromatic carbocycles. The fraction of sp³-hybridized carbons (Fsp3) is 0.474. The van der Waals surface area contributed by atoms with E-state index in [4.69, 9.17) is 0 Å². The highest BCUT2D eigenvalue weighted by Crippen LogP contribution is 2.25. The van der Waals surface area contributed by atoms with Crippen molar-refractivity contribution in [3.63, 3.8) is 0 Å². The average Bonchev–Trinajstić information content (AvgIpc) is 2.91. The Morgan fingerprint density at radius 3 is 2.19 bits per heavy atom. The van der Waals surface area contributed by atoms with E-state index in [-0.39, 0.29) is 29.2 Å². The van der Waals surface area contributed by atoms with Gasteiger partial charge in [-0.2, -0.15) is 0 Å². The lowest BCUT2D eigenvalue weighted by molar-refractivity contribution is 0.0599. The number of hydrogen-bond donors (Lipinski definition) is 0. The molecule has 2 heterocycles. The molecule has 1 saturated heterocycles. The van der Waals surface area contributed by atoms with Crippen molar-refractivity contribution in [1.82, 2.24) is 14.7 Å². The first-order valence-corrected chi connectivity index (χ1v) is 8.96. The van der Waals surface area contributed by atoms with Gasteiger partial charge in [0.05, 0.1) is 18.2 Å². The van der Waals surface area contributed by atoms with Crippen LogP contribution in [0.2, 0.25) is 0 Å². The number of carbonyl (C=O) groups excluding carboxylic acids is 4. The Morgan fingerprint density at radius 1 is 1.00 bits per heavy atom. The summed E-state index contributed by atoms with van der Waals surface area (Å²) >= 11 is 0. The molecule has 4 amide bonds. The van der Waals surface area contributed by atoms with Gasteiger partial charge in [0.25, 0.3) is 17.7 Å². The Labute approximate surface area is 157 Å². The van der Waals surface area contributed by atoms with Crippen molar-refractivity contribution in [1.29, 1.82) is 0 Å². The third-order valence-electron chi connectivity index (χ3n) is 4.77. The Kier molecular flexibility index (Phi) is 5.16. The van der Waals surface area contributed by atoms with Gasteiger partial charge in [-0.05, 0) is 24.1 Å². The molecule has 2 aliphatic heterocycles. The lowest BCUT2D eigenvalue weighted by Crippen LogP contribution is -2.50. The Hall–Kier alpha value is -2.90. The van der Waals surface area contributed by atoms with Gasteiger partial charge in [0.2, 0.25) is 0 Å². The summed E-state index contributed by atoms with van der Waals surface area (Å²) in [4.78, 5) is 53.7. The molecule has 144 valence electrons.